The summed E-state index contributed by atoms with van der Waals surface area (Å²) in [5.41, 5.74) is 4.54. The lowest BCUT2D eigenvalue weighted by Gasteiger charge is -2.11. The Morgan fingerprint density at radius 1 is 0.963 bits per heavy atom. The van der Waals surface area contributed by atoms with Gasteiger partial charge in [0.1, 0.15) is 0 Å². The molecular formula is C23H23NO3. The molecule has 4 nitrogen and oxygen atoms in total. The summed E-state index contributed by atoms with van der Waals surface area (Å²) in [4.78, 5) is 12.8. The van der Waals surface area contributed by atoms with Gasteiger partial charge in [-0.2, -0.15) is 0 Å². The van der Waals surface area contributed by atoms with Crippen LogP contribution in [0.4, 0.5) is 0 Å². The first-order valence-corrected chi connectivity index (χ1v) is 9.24. The molecule has 1 N–H and O–H groups in total. The Hall–Kier alpha value is -3.01. The Kier molecular flexibility index (Phi) is 4.71. The molecule has 0 spiro atoms. The van der Waals surface area contributed by atoms with Crippen molar-refractivity contribution < 1.29 is 14.3 Å². The third-order valence-corrected chi connectivity index (χ3v) is 5.27. The van der Waals surface area contributed by atoms with E-state index in [0.29, 0.717) is 18.0 Å². The number of amides is 1. The van der Waals surface area contributed by atoms with Gasteiger partial charge in [0.05, 0.1) is 14.2 Å². The quantitative estimate of drug-likeness (QED) is 0.724. The summed E-state index contributed by atoms with van der Waals surface area (Å²) in [7, 11) is 3.24. The maximum absolute atomic E-state index is 12.8. The van der Waals surface area contributed by atoms with Crippen LogP contribution in [0.1, 0.15) is 27.0 Å². The highest BCUT2D eigenvalue weighted by Gasteiger charge is 2.18. The van der Waals surface area contributed by atoms with E-state index in [1.165, 1.54) is 16.5 Å². The van der Waals surface area contributed by atoms with E-state index in [-0.39, 0.29) is 5.91 Å². The van der Waals surface area contributed by atoms with Gasteiger partial charge in [-0.15, -0.1) is 0 Å². The van der Waals surface area contributed by atoms with Crippen molar-refractivity contribution in [2.75, 3.05) is 20.8 Å². The lowest BCUT2D eigenvalue weighted by Crippen LogP contribution is -2.26. The summed E-state index contributed by atoms with van der Waals surface area (Å²) in [6, 6.07) is 16.2. The molecule has 0 saturated carbocycles. The van der Waals surface area contributed by atoms with Crippen LogP contribution in [0.5, 0.6) is 11.5 Å². The van der Waals surface area contributed by atoms with Gasteiger partial charge in [-0.25, -0.2) is 0 Å². The molecule has 0 atom stereocenters. The molecule has 0 unspecified atom stereocenters. The molecule has 1 amide bonds. The number of rotatable bonds is 6. The lowest BCUT2D eigenvalue weighted by atomic mass is 9.99. The standard InChI is InChI=1S/C23H23NO3/c1-26-20-11-6-15(14-21(20)27-2)12-13-24-23(25)19-10-9-17-8-7-16-4-3-5-18(19)22(16)17/h3-6,9-11,14H,7-8,12-13H2,1-2H3,(H,24,25). The second-order valence-electron chi connectivity index (χ2n) is 6.81. The Morgan fingerprint density at radius 3 is 2.52 bits per heavy atom. The smallest absolute Gasteiger partial charge is 0.251 e. The first-order chi connectivity index (χ1) is 13.2. The number of nitrogens with one attached hydrogen (secondary N) is 1. The number of carbonyl (C=O) groups excluding carboxylic acids is 1. The highest BCUT2D eigenvalue weighted by Crippen LogP contribution is 2.32. The summed E-state index contributed by atoms with van der Waals surface area (Å²) < 4.78 is 10.6. The summed E-state index contributed by atoms with van der Waals surface area (Å²) in [6.45, 7) is 0.567. The SMILES string of the molecule is COc1ccc(CCNC(=O)c2ccc3c4c(cccc24)CC3)cc1OC. The molecule has 4 rings (SSSR count). The van der Waals surface area contributed by atoms with Gasteiger partial charge in [0.25, 0.3) is 5.91 Å². The molecule has 0 heterocycles. The molecule has 138 valence electrons. The molecule has 0 aliphatic heterocycles. The molecule has 0 saturated heterocycles. The number of aryl methyl sites for hydroxylation is 2. The lowest BCUT2D eigenvalue weighted by molar-refractivity contribution is 0.0956. The topological polar surface area (TPSA) is 47.6 Å². The number of carbonyl (C=O) groups is 1. The minimum absolute atomic E-state index is 0.0222. The first-order valence-electron chi connectivity index (χ1n) is 9.24. The molecule has 4 heteroatoms. The third kappa shape index (κ3) is 3.23. The maximum atomic E-state index is 12.8. The molecule has 3 aromatic rings. The Balaban J connectivity index is 1.47. The molecule has 1 aliphatic carbocycles. The summed E-state index contributed by atoms with van der Waals surface area (Å²) in [5, 5.41) is 5.38. The van der Waals surface area contributed by atoms with E-state index in [1.807, 2.05) is 30.3 Å². The summed E-state index contributed by atoms with van der Waals surface area (Å²) in [6.07, 6.45) is 2.86. The summed E-state index contributed by atoms with van der Waals surface area (Å²) >= 11 is 0. The van der Waals surface area contributed by atoms with Crippen LogP contribution in [0.25, 0.3) is 10.8 Å². The van der Waals surface area contributed by atoms with Gasteiger partial charge >= 0.3 is 0 Å². The zero-order chi connectivity index (χ0) is 18.8. The molecule has 1 aliphatic rings. The van der Waals surface area contributed by atoms with Crippen molar-refractivity contribution in [3.05, 3.63) is 70.8 Å². The van der Waals surface area contributed by atoms with E-state index >= 15 is 0 Å². The van der Waals surface area contributed by atoms with Gasteiger partial charge < -0.3 is 14.8 Å². The molecule has 0 fully saturated rings. The second kappa shape index (κ2) is 7.31. The number of benzene rings is 3. The van der Waals surface area contributed by atoms with E-state index in [2.05, 4.69) is 23.5 Å². The third-order valence-electron chi connectivity index (χ3n) is 5.27. The molecular weight excluding hydrogens is 338 g/mol. The number of methoxy groups -OCH3 is 2. The zero-order valence-corrected chi connectivity index (χ0v) is 15.7. The normalized spacial score (nSPS) is 12.2. The minimum atomic E-state index is -0.0222. The average Bonchev–Trinajstić information content (AvgIpc) is 3.13. The van der Waals surface area contributed by atoms with Crippen LogP contribution in [-0.4, -0.2) is 26.7 Å². The van der Waals surface area contributed by atoms with Crippen molar-refractivity contribution in [3.8, 4) is 11.5 Å². The van der Waals surface area contributed by atoms with Crippen LogP contribution >= 0.6 is 0 Å². The van der Waals surface area contributed by atoms with E-state index in [4.69, 9.17) is 9.47 Å². The van der Waals surface area contributed by atoms with Crippen LogP contribution in [-0.2, 0) is 19.3 Å². The van der Waals surface area contributed by atoms with Crippen LogP contribution in [0.3, 0.4) is 0 Å². The predicted molar refractivity (Wildman–Crippen MR) is 107 cm³/mol. The van der Waals surface area contributed by atoms with Gasteiger partial charge in [0.15, 0.2) is 11.5 Å². The van der Waals surface area contributed by atoms with Crippen molar-refractivity contribution >= 4 is 16.7 Å². The van der Waals surface area contributed by atoms with Crippen LogP contribution in [0.2, 0.25) is 0 Å². The second-order valence-corrected chi connectivity index (χ2v) is 6.81. The van der Waals surface area contributed by atoms with Gasteiger partial charge in [-0.05, 0) is 64.9 Å². The fraction of sp³-hybridized carbons (Fsp3) is 0.261. The van der Waals surface area contributed by atoms with E-state index in [0.717, 1.165) is 35.8 Å². The highest BCUT2D eigenvalue weighted by molar-refractivity contribution is 6.09. The summed E-state index contributed by atoms with van der Waals surface area (Å²) in [5.74, 6) is 1.39. The van der Waals surface area contributed by atoms with Gasteiger partial charge in [0.2, 0.25) is 0 Å². The maximum Gasteiger partial charge on any atom is 0.251 e. The van der Waals surface area contributed by atoms with E-state index in [1.54, 1.807) is 14.2 Å². The Morgan fingerprint density at radius 2 is 1.74 bits per heavy atom. The minimum Gasteiger partial charge on any atom is -0.493 e. The molecule has 0 radical (unpaired) electrons. The fourth-order valence-electron chi connectivity index (χ4n) is 3.90. The van der Waals surface area contributed by atoms with Crippen LogP contribution in [0, 0.1) is 0 Å². The van der Waals surface area contributed by atoms with Crippen molar-refractivity contribution in [2.24, 2.45) is 0 Å². The van der Waals surface area contributed by atoms with Gasteiger partial charge in [-0.3, -0.25) is 4.79 Å². The molecule has 0 bridgehead atoms. The highest BCUT2D eigenvalue weighted by atomic mass is 16.5. The largest absolute Gasteiger partial charge is 0.493 e. The first kappa shape index (κ1) is 17.4. The van der Waals surface area contributed by atoms with Crippen LogP contribution < -0.4 is 14.8 Å². The zero-order valence-electron chi connectivity index (χ0n) is 15.7. The Bertz CT molecular complexity index is 1000. The van der Waals surface area contributed by atoms with Crippen molar-refractivity contribution in [1.82, 2.24) is 5.32 Å². The van der Waals surface area contributed by atoms with Crippen molar-refractivity contribution in [2.45, 2.75) is 19.3 Å². The van der Waals surface area contributed by atoms with Crippen molar-refractivity contribution in [1.29, 1.82) is 0 Å². The van der Waals surface area contributed by atoms with E-state index < -0.39 is 0 Å². The van der Waals surface area contributed by atoms with Gasteiger partial charge in [0, 0.05) is 12.1 Å². The monoisotopic (exact) mass is 361 g/mol. The number of hydrogen-bond donors (Lipinski definition) is 1. The number of hydrogen-bond acceptors (Lipinski definition) is 3. The Labute approximate surface area is 159 Å². The molecule has 27 heavy (non-hydrogen) atoms. The molecule has 3 aromatic carbocycles. The number of ether oxygens (including phenoxy) is 2. The van der Waals surface area contributed by atoms with Gasteiger partial charge in [-0.1, -0.05) is 30.3 Å². The van der Waals surface area contributed by atoms with Crippen molar-refractivity contribution in [3.63, 3.8) is 0 Å². The molecule has 0 aromatic heterocycles. The average molecular weight is 361 g/mol. The predicted octanol–water partition coefficient (Wildman–Crippen LogP) is 3.93. The van der Waals surface area contributed by atoms with E-state index in [9.17, 15) is 4.79 Å². The van der Waals surface area contributed by atoms with Crippen LogP contribution in [0.15, 0.2) is 48.5 Å². The fourth-order valence-corrected chi connectivity index (χ4v) is 3.90.